The SMILES string of the molecule is CC(C)(C)c1ccc(S(=O)(=O)c2ccc(OCC3CO3)cc2C(C)(C)C)cc1. The van der Waals surface area contributed by atoms with Crippen molar-refractivity contribution >= 4 is 9.84 Å². The summed E-state index contributed by atoms with van der Waals surface area (Å²) < 4.78 is 37.7. The Balaban J connectivity index is 2.00. The van der Waals surface area contributed by atoms with E-state index in [1.807, 2.05) is 39.0 Å². The Hall–Kier alpha value is -1.85. The van der Waals surface area contributed by atoms with E-state index >= 15 is 0 Å². The summed E-state index contributed by atoms with van der Waals surface area (Å²) in [6.07, 6.45) is 0.155. The molecule has 3 rings (SSSR count). The lowest BCUT2D eigenvalue weighted by Crippen LogP contribution is -2.18. The average Bonchev–Trinajstić information content (AvgIpc) is 3.43. The third-order valence-electron chi connectivity index (χ3n) is 4.92. The topological polar surface area (TPSA) is 55.9 Å². The number of rotatable bonds is 5. The van der Waals surface area contributed by atoms with Crippen LogP contribution in [0.5, 0.6) is 5.75 Å². The Labute approximate surface area is 168 Å². The van der Waals surface area contributed by atoms with Crippen LogP contribution in [-0.2, 0) is 25.4 Å². The highest BCUT2D eigenvalue weighted by atomic mass is 32.2. The van der Waals surface area contributed by atoms with E-state index < -0.39 is 9.84 Å². The Bertz CT molecular complexity index is 942. The number of hydrogen-bond acceptors (Lipinski definition) is 4. The minimum Gasteiger partial charge on any atom is -0.491 e. The van der Waals surface area contributed by atoms with Crippen molar-refractivity contribution in [3.05, 3.63) is 53.6 Å². The molecule has 2 aromatic carbocycles. The van der Waals surface area contributed by atoms with Gasteiger partial charge in [0.1, 0.15) is 18.5 Å². The second-order valence-corrected chi connectivity index (χ2v) is 11.4. The standard InChI is InChI=1S/C23H30O4S/c1-22(2,3)16-7-10-19(11-8-16)28(24,25)21-12-9-17(26-14-18-15-27-18)13-20(21)23(4,5)6/h7-13,18H,14-15H2,1-6H3. The van der Waals surface area contributed by atoms with Gasteiger partial charge < -0.3 is 9.47 Å². The van der Waals surface area contributed by atoms with Crippen LogP contribution in [0.25, 0.3) is 0 Å². The molecule has 0 bridgehead atoms. The Morgan fingerprint density at radius 2 is 1.57 bits per heavy atom. The van der Waals surface area contributed by atoms with Gasteiger partial charge in [-0.15, -0.1) is 0 Å². The van der Waals surface area contributed by atoms with E-state index in [-0.39, 0.29) is 16.9 Å². The summed E-state index contributed by atoms with van der Waals surface area (Å²) in [5, 5.41) is 0. The number of sulfone groups is 1. The average molecular weight is 403 g/mol. The molecule has 5 heteroatoms. The monoisotopic (exact) mass is 402 g/mol. The Kier molecular flexibility index (Phi) is 5.36. The fraction of sp³-hybridized carbons (Fsp3) is 0.478. The van der Waals surface area contributed by atoms with Crippen molar-refractivity contribution in [2.45, 2.75) is 68.3 Å². The molecular weight excluding hydrogens is 372 g/mol. The van der Waals surface area contributed by atoms with Gasteiger partial charge in [-0.3, -0.25) is 0 Å². The van der Waals surface area contributed by atoms with Gasteiger partial charge in [-0.05, 0) is 52.3 Å². The van der Waals surface area contributed by atoms with Gasteiger partial charge in [-0.25, -0.2) is 8.42 Å². The van der Waals surface area contributed by atoms with E-state index in [1.165, 1.54) is 0 Å². The van der Waals surface area contributed by atoms with E-state index in [9.17, 15) is 8.42 Å². The first-order valence-electron chi connectivity index (χ1n) is 9.63. The maximum Gasteiger partial charge on any atom is 0.206 e. The second-order valence-electron chi connectivity index (χ2n) is 9.45. The first-order chi connectivity index (χ1) is 12.9. The first kappa shape index (κ1) is 20.9. The molecule has 0 aliphatic carbocycles. The van der Waals surface area contributed by atoms with E-state index in [4.69, 9.17) is 9.47 Å². The lowest BCUT2D eigenvalue weighted by atomic mass is 9.87. The molecule has 4 nitrogen and oxygen atoms in total. The molecule has 1 aliphatic heterocycles. The minimum absolute atomic E-state index is 0.0247. The lowest BCUT2D eigenvalue weighted by Gasteiger charge is -2.24. The molecule has 1 atom stereocenters. The van der Waals surface area contributed by atoms with Gasteiger partial charge in [0.15, 0.2) is 0 Å². The maximum absolute atomic E-state index is 13.4. The first-order valence-corrected chi connectivity index (χ1v) is 11.1. The molecule has 1 unspecified atom stereocenters. The quantitative estimate of drug-likeness (QED) is 0.668. The second kappa shape index (κ2) is 7.20. The summed E-state index contributed by atoms with van der Waals surface area (Å²) in [5.74, 6) is 0.669. The zero-order chi connectivity index (χ0) is 20.7. The minimum atomic E-state index is -3.63. The fourth-order valence-corrected chi connectivity index (χ4v) is 4.68. The predicted molar refractivity (Wildman–Crippen MR) is 111 cm³/mol. The van der Waals surface area contributed by atoms with Crippen molar-refractivity contribution in [3.8, 4) is 5.75 Å². The molecule has 0 aromatic heterocycles. The molecule has 0 saturated carbocycles. The molecule has 152 valence electrons. The molecule has 1 fully saturated rings. The summed E-state index contributed by atoms with van der Waals surface area (Å²) in [6, 6.07) is 12.4. The maximum atomic E-state index is 13.4. The smallest absolute Gasteiger partial charge is 0.206 e. The van der Waals surface area contributed by atoms with Crippen LogP contribution in [0.3, 0.4) is 0 Å². The van der Waals surface area contributed by atoms with Gasteiger partial charge in [-0.1, -0.05) is 53.7 Å². The molecule has 1 heterocycles. The third kappa shape index (κ3) is 4.58. The van der Waals surface area contributed by atoms with E-state index in [0.717, 1.165) is 17.7 Å². The van der Waals surface area contributed by atoms with Crippen LogP contribution in [0.1, 0.15) is 52.7 Å². The van der Waals surface area contributed by atoms with Crippen LogP contribution >= 0.6 is 0 Å². The van der Waals surface area contributed by atoms with Crippen molar-refractivity contribution in [2.75, 3.05) is 13.2 Å². The number of benzene rings is 2. The predicted octanol–water partition coefficient (Wildman–Crippen LogP) is 4.89. The van der Waals surface area contributed by atoms with E-state index in [0.29, 0.717) is 22.1 Å². The van der Waals surface area contributed by atoms with E-state index in [1.54, 1.807) is 24.3 Å². The fourth-order valence-electron chi connectivity index (χ4n) is 3.03. The number of epoxide rings is 1. The van der Waals surface area contributed by atoms with Gasteiger partial charge in [-0.2, -0.15) is 0 Å². The molecular formula is C23H30O4S. The van der Waals surface area contributed by atoms with Crippen LogP contribution in [0.15, 0.2) is 52.3 Å². The third-order valence-corrected chi connectivity index (χ3v) is 6.75. The summed E-state index contributed by atoms with van der Waals surface area (Å²) >= 11 is 0. The molecule has 0 radical (unpaired) electrons. The van der Waals surface area contributed by atoms with Gasteiger partial charge in [0.25, 0.3) is 0 Å². The zero-order valence-electron chi connectivity index (χ0n) is 17.6. The molecule has 0 amide bonds. The van der Waals surface area contributed by atoms with Crippen LogP contribution in [-0.4, -0.2) is 27.7 Å². The highest BCUT2D eigenvalue weighted by Crippen LogP contribution is 2.35. The molecule has 0 N–H and O–H groups in total. The van der Waals surface area contributed by atoms with E-state index in [2.05, 4.69) is 20.8 Å². The number of hydrogen-bond donors (Lipinski definition) is 0. The normalized spacial score (nSPS) is 17.4. The van der Waals surface area contributed by atoms with Crippen LogP contribution in [0.4, 0.5) is 0 Å². The lowest BCUT2D eigenvalue weighted by molar-refractivity contribution is 0.262. The largest absolute Gasteiger partial charge is 0.491 e. The van der Waals surface area contributed by atoms with Crippen molar-refractivity contribution in [1.82, 2.24) is 0 Å². The van der Waals surface area contributed by atoms with Gasteiger partial charge in [0, 0.05) is 0 Å². The summed E-state index contributed by atoms with van der Waals surface area (Å²) in [4.78, 5) is 0.643. The molecule has 1 saturated heterocycles. The Morgan fingerprint density at radius 1 is 0.964 bits per heavy atom. The highest BCUT2D eigenvalue weighted by molar-refractivity contribution is 7.91. The number of ether oxygens (including phenoxy) is 2. The Morgan fingerprint density at radius 3 is 2.07 bits per heavy atom. The molecule has 28 heavy (non-hydrogen) atoms. The van der Waals surface area contributed by atoms with Crippen LogP contribution in [0.2, 0.25) is 0 Å². The van der Waals surface area contributed by atoms with Crippen molar-refractivity contribution < 1.29 is 17.9 Å². The van der Waals surface area contributed by atoms with Gasteiger partial charge in [0.2, 0.25) is 9.84 Å². The van der Waals surface area contributed by atoms with Crippen molar-refractivity contribution in [2.24, 2.45) is 0 Å². The molecule has 2 aromatic rings. The van der Waals surface area contributed by atoms with Gasteiger partial charge in [0.05, 0.1) is 16.4 Å². The highest BCUT2D eigenvalue weighted by Gasteiger charge is 2.29. The van der Waals surface area contributed by atoms with Gasteiger partial charge >= 0.3 is 0 Å². The van der Waals surface area contributed by atoms with Crippen LogP contribution < -0.4 is 4.74 Å². The summed E-state index contributed by atoms with van der Waals surface area (Å²) in [5.41, 5.74) is 1.49. The van der Waals surface area contributed by atoms with Crippen molar-refractivity contribution in [1.29, 1.82) is 0 Å². The molecule has 1 aliphatic rings. The molecule has 0 spiro atoms. The van der Waals surface area contributed by atoms with Crippen molar-refractivity contribution in [3.63, 3.8) is 0 Å². The summed E-state index contributed by atoms with van der Waals surface area (Å²) in [7, 11) is -3.63. The van der Waals surface area contributed by atoms with Crippen LogP contribution in [0, 0.1) is 0 Å². The summed E-state index contributed by atoms with van der Waals surface area (Å²) in [6.45, 7) is 13.6. The zero-order valence-corrected chi connectivity index (χ0v) is 18.4.